The maximum absolute atomic E-state index is 13.3. The summed E-state index contributed by atoms with van der Waals surface area (Å²) in [5, 5.41) is 2.29. The van der Waals surface area contributed by atoms with Crippen molar-refractivity contribution >= 4 is 39.1 Å². The molecule has 1 fully saturated rings. The summed E-state index contributed by atoms with van der Waals surface area (Å²) in [7, 11) is 0. The highest BCUT2D eigenvalue weighted by Crippen LogP contribution is 2.21. The van der Waals surface area contributed by atoms with Gasteiger partial charge in [-0.1, -0.05) is 18.5 Å². The van der Waals surface area contributed by atoms with E-state index in [4.69, 9.17) is 11.6 Å². The molecule has 0 aliphatic carbocycles. The molecule has 8 heteroatoms. The zero-order valence-electron chi connectivity index (χ0n) is 16.1. The van der Waals surface area contributed by atoms with E-state index in [-0.39, 0.29) is 24.1 Å². The Labute approximate surface area is 176 Å². The van der Waals surface area contributed by atoms with E-state index in [1.807, 2.05) is 4.90 Å². The van der Waals surface area contributed by atoms with Crippen LogP contribution in [0, 0.1) is 0 Å². The predicted octanol–water partition coefficient (Wildman–Crippen LogP) is 3.66. The van der Waals surface area contributed by atoms with Gasteiger partial charge in [0, 0.05) is 17.6 Å². The average molecular weight is 432 g/mol. The topological polar surface area (TPSA) is 64.3 Å². The van der Waals surface area contributed by atoms with Gasteiger partial charge in [-0.3, -0.25) is 14.2 Å². The Morgan fingerprint density at radius 3 is 2.66 bits per heavy atom. The number of carbonyl (C=O) groups is 1. The number of amides is 1. The molecule has 0 unspecified atom stereocenters. The standard InChI is InChI=1S/C21H22ClN3O3S/c1-2-15-5-3-4-11-23(15)18(26)13-24-17-10-12-29-19(17)20(27)25(21(24)28)16-8-6-14(22)7-9-16/h6-10,12,15H,2-5,11,13H2,1H3/t15-/m0/s1. The van der Waals surface area contributed by atoms with Crippen molar-refractivity contribution in [3.8, 4) is 5.69 Å². The van der Waals surface area contributed by atoms with Gasteiger partial charge in [0.25, 0.3) is 5.56 Å². The fourth-order valence-electron chi connectivity index (χ4n) is 4.04. The lowest BCUT2D eigenvalue weighted by Gasteiger charge is -2.35. The average Bonchev–Trinajstić information content (AvgIpc) is 3.22. The highest BCUT2D eigenvalue weighted by Gasteiger charge is 2.26. The van der Waals surface area contributed by atoms with Crippen LogP contribution >= 0.6 is 22.9 Å². The Hall–Kier alpha value is -2.38. The third-order valence-corrected chi connectivity index (χ3v) is 6.70. The molecular formula is C21H22ClN3O3S. The molecule has 3 heterocycles. The van der Waals surface area contributed by atoms with E-state index in [2.05, 4.69) is 6.92 Å². The molecule has 1 saturated heterocycles. The normalized spacial score (nSPS) is 17.0. The molecule has 1 aliphatic rings. The number of benzene rings is 1. The van der Waals surface area contributed by atoms with Gasteiger partial charge in [0.05, 0.1) is 11.2 Å². The third kappa shape index (κ3) is 3.65. The minimum Gasteiger partial charge on any atom is -0.338 e. The van der Waals surface area contributed by atoms with Gasteiger partial charge in [0.1, 0.15) is 11.2 Å². The lowest BCUT2D eigenvalue weighted by atomic mass is 10.00. The molecule has 3 aromatic rings. The zero-order valence-corrected chi connectivity index (χ0v) is 17.7. The largest absolute Gasteiger partial charge is 0.338 e. The molecule has 152 valence electrons. The maximum atomic E-state index is 13.3. The molecule has 0 spiro atoms. The number of nitrogens with zero attached hydrogens (tertiary/aromatic N) is 3. The monoisotopic (exact) mass is 431 g/mol. The molecule has 0 bridgehead atoms. The Kier molecular flexibility index (Phi) is 5.61. The van der Waals surface area contributed by atoms with Crippen LogP contribution in [0.3, 0.4) is 0 Å². The fraction of sp³-hybridized carbons (Fsp3) is 0.381. The minimum atomic E-state index is -0.512. The fourth-order valence-corrected chi connectivity index (χ4v) is 4.99. The van der Waals surface area contributed by atoms with Crippen LogP contribution in [-0.2, 0) is 11.3 Å². The van der Waals surface area contributed by atoms with Crippen LogP contribution in [0.2, 0.25) is 5.02 Å². The summed E-state index contributed by atoms with van der Waals surface area (Å²) < 4.78 is 3.00. The van der Waals surface area contributed by atoms with Crippen molar-refractivity contribution in [2.45, 2.75) is 45.2 Å². The van der Waals surface area contributed by atoms with E-state index in [1.54, 1.807) is 35.7 Å². The lowest BCUT2D eigenvalue weighted by molar-refractivity contribution is -0.135. The number of fused-ring (bicyclic) bond motifs is 1. The first-order valence-electron chi connectivity index (χ1n) is 9.79. The van der Waals surface area contributed by atoms with Crippen LogP contribution in [0.4, 0.5) is 0 Å². The predicted molar refractivity (Wildman–Crippen MR) is 116 cm³/mol. The number of hydrogen-bond acceptors (Lipinski definition) is 4. The summed E-state index contributed by atoms with van der Waals surface area (Å²) >= 11 is 7.22. The number of aromatic nitrogens is 2. The number of thiophene rings is 1. The first-order chi connectivity index (χ1) is 14.0. The molecule has 2 aromatic heterocycles. The van der Waals surface area contributed by atoms with Crippen LogP contribution in [0.5, 0.6) is 0 Å². The van der Waals surface area contributed by atoms with Gasteiger partial charge in [-0.15, -0.1) is 11.3 Å². The first-order valence-corrected chi connectivity index (χ1v) is 11.1. The third-order valence-electron chi connectivity index (χ3n) is 5.55. The van der Waals surface area contributed by atoms with Crippen molar-refractivity contribution in [2.75, 3.05) is 6.54 Å². The highest BCUT2D eigenvalue weighted by atomic mass is 35.5. The number of carbonyl (C=O) groups excluding carboxylic acids is 1. The van der Waals surface area contributed by atoms with Gasteiger partial charge < -0.3 is 4.90 Å². The molecular weight excluding hydrogens is 410 g/mol. The molecule has 0 saturated carbocycles. The van der Waals surface area contributed by atoms with Crippen LogP contribution in [0.1, 0.15) is 32.6 Å². The second kappa shape index (κ2) is 8.16. The van der Waals surface area contributed by atoms with E-state index < -0.39 is 5.69 Å². The smallest absolute Gasteiger partial charge is 0.336 e. The molecule has 29 heavy (non-hydrogen) atoms. The summed E-state index contributed by atoms with van der Waals surface area (Å²) in [4.78, 5) is 41.2. The molecule has 0 radical (unpaired) electrons. The van der Waals surface area contributed by atoms with Gasteiger partial charge in [-0.2, -0.15) is 0 Å². The van der Waals surface area contributed by atoms with Crippen molar-refractivity contribution in [1.82, 2.24) is 14.0 Å². The van der Waals surface area contributed by atoms with Crippen LogP contribution in [0.25, 0.3) is 15.9 Å². The Morgan fingerprint density at radius 2 is 1.93 bits per heavy atom. The molecule has 4 rings (SSSR count). The minimum absolute atomic E-state index is 0.0730. The summed E-state index contributed by atoms with van der Waals surface area (Å²) in [5.41, 5.74) is 0.0518. The number of halogens is 1. The first kappa shape index (κ1) is 19.9. The van der Waals surface area contributed by atoms with Gasteiger partial charge in [-0.25, -0.2) is 9.36 Å². The highest BCUT2D eigenvalue weighted by molar-refractivity contribution is 7.17. The maximum Gasteiger partial charge on any atom is 0.336 e. The Bertz CT molecular complexity index is 1160. The lowest BCUT2D eigenvalue weighted by Crippen LogP contribution is -2.47. The molecule has 6 nitrogen and oxygen atoms in total. The van der Waals surface area contributed by atoms with Crippen LogP contribution in [0.15, 0.2) is 45.3 Å². The van der Waals surface area contributed by atoms with E-state index in [0.717, 1.165) is 36.8 Å². The summed E-state index contributed by atoms with van der Waals surface area (Å²) in [6, 6.07) is 8.48. The summed E-state index contributed by atoms with van der Waals surface area (Å²) in [6.45, 7) is 2.73. The number of hydrogen-bond donors (Lipinski definition) is 0. The Balaban J connectivity index is 1.81. The van der Waals surface area contributed by atoms with Gasteiger partial charge in [-0.05, 0) is 61.4 Å². The van der Waals surface area contributed by atoms with E-state index in [0.29, 0.717) is 20.9 Å². The summed E-state index contributed by atoms with van der Waals surface area (Å²) in [6.07, 6.45) is 4.00. The van der Waals surface area contributed by atoms with E-state index in [9.17, 15) is 14.4 Å². The number of piperidine rings is 1. The SMILES string of the molecule is CC[C@H]1CCCCN1C(=O)Cn1c(=O)n(-c2ccc(Cl)cc2)c(=O)c2sccc21. The molecule has 1 aliphatic heterocycles. The van der Waals surface area contributed by atoms with Crippen molar-refractivity contribution in [2.24, 2.45) is 0 Å². The van der Waals surface area contributed by atoms with Crippen molar-refractivity contribution < 1.29 is 4.79 Å². The molecule has 0 N–H and O–H groups in total. The van der Waals surface area contributed by atoms with Gasteiger partial charge in [0.2, 0.25) is 5.91 Å². The number of rotatable bonds is 4. The molecule has 1 aromatic carbocycles. The van der Waals surface area contributed by atoms with E-state index in [1.165, 1.54) is 15.9 Å². The quantitative estimate of drug-likeness (QED) is 0.633. The molecule has 1 amide bonds. The van der Waals surface area contributed by atoms with Crippen molar-refractivity contribution in [1.29, 1.82) is 0 Å². The summed E-state index contributed by atoms with van der Waals surface area (Å²) in [5.74, 6) is -0.0764. The second-order valence-corrected chi connectivity index (χ2v) is 8.62. The van der Waals surface area contributed by atoms with Crippen LogP contribution in [-0.4, -0.2) is 32.5 Å². The molecule has 1 atom stereocenters. The van der Waals surface area contributed by atoms with Gasteiger partial charge >= 0.3 is 5.69 Å². The van der Waals surface area contributed by atoms with Gasteiger partial charge in [0.15, 0.2) is 0 Å². The zero-order chi connectivity index (χ0) is 20.5. The number of likely N-dealkylation sites (tertiary alicyclic amines) is 1. The van der Waals surface area contributed by atoms with Crippen molar-refractivity contribution in [3.63, 3.8) is 0 Å². The van der Waals surface area contributed by atoms with E-state index >= 15 is 0 Å². The second-order valence-electron chi connectivity index (χ2n) is 7.27. The van der Waals surface area contributed by atoms with Crippen molar-refractivity contribution in [3.05, 3.63) is 61.6 Å². The Morgan fingerprint density at radius 1 is 1.17 bits per heavy atom. The van der Waals surface area contributed by atoms with Crippen LogP contribution < -0.4 is 11.2 Å².